The van der Waals surface area contributed by atoms with Crippen LogP contribution < -0.4 is 15.4 Å². The largest absolute Gasteiger partial charge is 0.484 e. The molecule has 8 nitrogen and oxygen atoms in total. The summed E-state index contributed by atoms with van der Waals surface area (Å²) >= 11 is 0. The lowest BCUT2D eigenvalue weighted by molar-refractivity contribution is -0.122. The predicted octanol–water partition coefficient (Wildman–Crippen LogP) is 2.98. The monoisotopic (exact) mass is 448 g/mol. The van der Waals surface area contributed by atoms with Crippen LogP contribution in [0.3, 0.4) is 0 Å². The summed E-state index contributed by atoms with van der Waals surface area (Å²) in [5.41, 5.74) is 3.12. The second-order valence-electron chi connectivity index (χ2n) is 7.54. The van der Waals surface area contributed by atoms with Crippen molar-refractivity contribution in [3.8, 4) is 11.4 Å². The molecule has 1 heterocycles. The van der Waals surface area contributed by atoms with E-state index in [4.69, 9.17) is 9.73 Å². The number of likely N-dealkylation sites (N-methyl/N-ethyl adjacent to an activating group) is 1. The Morgan fingerprint density at radius 2 is 1.85 bits per heavy atom. The molecule has 0 fully saturated rings. The maximum absolute atomic E-state index is 11.6. The number of carbonyl (C=O) groups excluding carboxylic acids is 1. The van der Waals surface area contributed by atoms with Crippen LogP contribution in [0.2, 0.25) is 0 Å². The van der Waals surface area contributed by atoms with E-state index in [1.165, 1.54) is 0 Å². The van der Waals surface area contributed by atoms with Gasteiger partial charge >= 0.3 is 0 Å². The van der Waals surface area contributed by atoms with Gasteiger partial charge in [-0.05, 0) is 43.7 Å². The second-order valence-corrected chi connectivity index (χ2v) is 7.54. The van der Waals surface area contributed by atoms with Crippen LogP contribution in [0.25, 0.3) is 5.69 Å². The molecule has 0 bridgehead atoms. The van der Waals surface area contributed by atoms with Gasteiger partial charge in [-0.2, -0.15) is 5.10 Å². The predicted molar refractivity (Wildman–Crippen MR) is 130 cm³/mol. The molecule has 0 spiro atoms. The third kappa shape index (κ3) is 7.38. The van der Waals surface area contributed by atoms with Crippen LogP contribution in [-0.4, -0.2) is 53.3 Å². The molecule has 0 aliphatic rings. The van der Waals surface area contributed by atoms with Crippen LogP contribution in [0.4, 0.5) is 0 Å². The molecular weight excluding hydrogens is 416 g/mol. The van der Waals surface area contributed by atoms with Crippen LogP contribution in [0, 0.1) is 0 Å². The zero-order chi connectivity index (χ0) is 23.5. The van der Waals surface area contributed by atoms with Crippen molar-refractivity contribution in [3.63, 3.8) is 0 Å². The molecule has 0 aliphatic heterocycles. The summed E-state index contributed by atoms with van der Waals surface area (Å²) in [5.74, 6) is 1.33. The number of nitrogens with one attached hydrogen (secondary N) is 2. The van der Waals surface area contributed by atoms with E-state index in [1.807, 2.05) is 92.6 Å². The molecule has 3 aromatic rings. The lowest BCUT2D eigenvalue weighted by atomic mass is 10.2. The number of amides is 1. The summed E-state index contributed by atoms with van der Waals surface area (Å²) in [4.78, 5) is 18.5. The molecule has 0 aliphatic carbocycles. The summed E-state index contributed by atoms with van der Waals surface area (Å²) in [6, 6.07) is 17.7. The van der Waals surface area contributed by atoms with Crippen molar-refractivity contribution in [1.29, 1.82) is 0 Å². The molecule has 0 atom stereocenters. The Labute approximate surface area is 195 Å². The first kappa shape index (κ1) is 23.8. The zero-order valence-electron chi connectivity index (χ0n) is 19.5. The maximum atomic E-state index is 11.6. The number of aliphatic imine (C=N–C) groups is 1. The fourth-order valence-corrected chi connectivity index (χ4v) is 3.28. The molecule has 1 aromatic heterocycles. The Morgan fingerprint density at radius 1 is 1.06 bits per heavy atom. The van der Waals surface area contributed by atoms with Gasteiger partial charge in [0.25, 0.3) is 5.91 Å². The Hall–Kier alpha value is -3.81. The van der Waals surface area contributed by atoms with Crippen LogP contribution in [0.1, 0.15) is 25.0 Å². The highest BCUT2D eigenvalue weighted by molar-refractivity contribution is 5.79. The first-order valence-electron chi connectivity index (χ1n) is 11.2. The summed E-state index contributed by atoms with van der Waals surface area (Å²) in [7, 11) is 2.01. The average molecular weight is 449 g/mol. The van der Waals surface area contributed by atoms with E-state index in [9.17, 15) is 4.79 Å². The van der Waals surface area contributed by atoms with Crippen molar-refractivity contribution in [2.45, 2.75) is 26.9 Å². The Bertz CT molecular complexity index is 1050. The molecule has 2 aromatic carbocycles. The topological polar surface area (TPSA) is 83.8 Å². The standard InChI is InChI=1S/C25H32N6O2/c1-4-26-24(32)19-33-23-13-9-10-20(14-23)15-28-25(27-5-2)30(3)17-21-16-29-31(18-21)22-11-7-6-8-12-22/h6-14,16,18H,4-5,15,17,19H2,1-3H3,(H,26,32)(H,27,28). The number of hydrogen-bond acceptors (Lipinski definition) is 4. The van der Waals surface area contributed by atoms with E-state index in [0.29, 0.717) is 25.4 Å². The third-order valence-electron chi connectivity index (χ3n) is 4.83. The minimum atomic E-state index is -0.132. The van der Waals surface area contributed by atoms with Gasteiger partial charge in [-0.3, -0.25) is 4.79 Å². The van der Waals surface area contributed by atoms with Gasteiger partial charge < -0.3 is 20.3 Å². The number of para-hydroxylation sites is 1. The highest BCUT2D eigenvalue weighted by Gasteiger charge is 2.09. The number of guanidine groups is 1. The van der Waals surface area contributed by atoms with Gasteiger partial charge in [0.1, 0.15) is 5.75 Å². The number of ether oxygens (including phenoxy) is 1. The Kier molecular flexibility index (Phi) is 8.88. The molecule has 174 valence electrons. The molecule has 33 heavy (non-hydrogen) atoms. The van der Waals surface area contributed by atoms with Crippen LogP contribution in [0.5, 0.6) is 5.75 Å². The molecule has 0 saturated heterocycles. The second kappa shape index (κ2) is 12.3. The normalized spacial score (nSPS) is 11.2. The minimum absolute atomic E-state index is 0.00258. The van der Waals surface area contributed by atoms with Crippen molar-refractivity contribution in [2.24, 2.45) is 4.99 Å². The summed E-state index contributed by atoms with van der Waals surface area (Å²) in [6.45, 7) is 6.45. The lowest BCUT2D eigenvalue weighted by Crippen LogP contribution is -2.38. The van der Waals surface area contributed by atoms with Crippen molar-refractivity contribution in [3.05, 3.63) is 78.1 Å². The molecule has 0 unspecified atom stereocenters. The van der Waals surface area contributed by atoms with Gasteiger partial charge in [-0.15, -0.1) is 0 Å². The maximum Gasteiger partial charge on any atom is 0.257 e. The Balaban J connectivity index is 1.62. The molecule has 1 amide bonds. The van der Waals surface area contributed by atoms with E-state index < -0.39 is 0 Å². The van der Waals surface area contributed by atoms with E-state index in [0.717, 1.165) is 29.3 Å². The highest BCUT2D eigenvalue weighted by Crippen LogP contribution is 2.15. The van der Waals surface area contributed by atoms with Crippen molar-refractivity contribution in [2.75, 3.05) is 26.7 Å². The molecule has 3 rings (SSSR count). The van der Waals surface area contributed by atoms with Gasteiger partial charge in [0.05, 0.1) is 18.4 Å². The average Bonchev–Trinajstić information content (AvgIpc) is 3.30. The first-order valence-corrected chi connectivity index (χ1v) is 11.2. The van der Waals surface area contributed by atoms with Crippen molar-refractivity contribution < 1.29 is 9.53 Å². The number of benzene rings is 2. The molecule has 2 N–H and O–H groups in total. The summed E-state index contributed by atoms with van der Waals surface area (Å²) < 4.78 is 7.46. The van der Waals surface area contributed by atoms with Crippen LogP contribution in [0.15, 0.2) is 72.0 Å². The lowest BCUT2D eigenvalue weighted by Gasteiger charge is -2.21. The quantitative estimate of drug-likeness (QED) is 0.368. The zero-order valence-corrected chi connectivity index (χ0v) is 19.5. The van der Waals surface area contributed by atoms with E-state index >= 15 is 0 Å². The van der Waals surface area contributed by atoms with Crippen molar-refractivity contribution in [1.82, 2.24) is 25.3 Å². The highest BCUT2D eigenvalue weighted by atomic mass is 16.5. The molecule has 0 radical (unpaired) electrons. The fourth-order valence-electron chi connectivity index (χ4n) is 3.28. The number of hydrogen-bond donors (Lipinski definition) is 2. The fraction of sp³-hybridized carbons (Fsp3) is 0.320. The SMILES string of the molecule is CCNC(=O)COc1cccc(CN=C(NCC)N(C)Cc2cnn(-c3ccccc3)c2)c1. The number of carbonyl (C=O) groups is 1. The van der Waals surface area contributed by atoms with Gasteiger partial charge in [0.15, 0.2) is 12.6 Å². The summed E-state index contributed by atoms with van der Waals surface area (Å²) in [5, 5.41) is 10.5. The van der Waals surface area contributed by atoms with Crippen LogP contribution in [-0.2, 0) is 17.9 Å². The van der Waals surface area contributed by atoms with Gasteiger partial charge in [0.2, 0.25) is 0 Å². The first-order chi connectivity index (χ1) is 16.1. The van der Waals surface area contributed by atoms with E-state index in [1.54, 1.807) is 0 Å². The number of rotatable bonds is 10. The smallest absolute Gasteiger partial charge is 0.257 e. The van der Waals surface area contributed by atoms with Gasteiger partial charge in [0, 0.05) is 38.4 Å². The van der Waals surface area contributed by atoms with E-state index in [-0.39, 0.29) is 12.5 Å². The number of nitrogens with zero attached hydrogens (tertiary/aromatic N) is 4. The van der Waals surface area contributed by atoms with Gasteiger partial charge in [-0.1, -0.05) is 30.3 Å². The van der Waals surface area contributed by atoms with Crippen LogP contribution >= 0.6 is 0 Å². The van der Waals surface area contributed by atoms with Crippen molar-refractivity contribution >= 4 is 11.9 Å². The number of aromatic nitrogens is 2. The Morgan fingerprint density at radius 3 is 2.61 bits per heavy atom. The molecule has 8 heteroatoms. The third-order valence-corrected chi connectivity index (χ3v) is 4.83. The van der Waals surface area contributed by atoms with Gasteiger partial charge in [-0.25, -0.2) is 9.67 Å². The molecular formula is C25H32N6O2. The minimum Gasteiger partial charge on any atom is -0.484 e. The molecule has 0 saturated carbocycles. The summed E-state index contributed by atoms with van der Waals surface area (Å²) in [6.07, 6.45) is 3.91. The van der Waals surface area contributed by atoms with E-state index in [2.05, 4.69) is 20.6 Å².